The summed E-state index contributed by atoms with van der Waals surface area (Å²) < 4.78 is 0. The van der Waals surface area contributed by atoms with Crippen molar-refractivity contribution in [2.75, 3.05) is 6.54 Å². The molecule has 1 atom stereocenters. The van der Waals surface area contributed by atoms with Gasteiger partial charge in [0.05, 0.1) is 4.92 Å². The van der Waals surface area contributed by atoms with Crippen molar-refractivity contribution in [3.8, 4) is 0 Å². The highest BCUT2D eigenvalue weighted by molar-refractivity contribution is 5.35. The molecule has 0 bridgehead atoms. The maximum absolute atomic E-state index is 10.8. The van der Waals surface area contributed by atoms with E-state index in [1.165, 1.54) is 17.2 Å². The molecule has 0 aliphatic carbocycles. The first-order chi connectivity index (χ1) is 10.1. The lowest BCUT2D eigenvalue weighted by atomic mass is 10.1. The standard InChI is InChI=1S/C17H20N2O2/c1-13-5-3-6-15(11-13)9-10-18-14(2)16-7-4-8-17(12-16)19(20)21/h3-8,11-12,14,18H,9-10H2,1-2H3. The van der Waals surface area contributed by atoms with Crippen LogP contribution in [-0.2, 0) is 6.42 Å². The average molecular weight is 284 g/mol. The van der Waals surface area contributed by atoms with E-state index in [-0.39, 0.29) is 16.7 Å². The second-order valence-electron chi connectivity index (χ2n) is 5.27. The van der Waals surface area contributed by atoms with Crippen LogP contribution >= 0.6 is 0 Å². The van der Waals surface area contributed by atoms with Gasteiger partial charge in [0.25, 0.3) is 5.69 Å². The second-order valence-corrected chi connectivity index (χ2v) is 5.27. The van der Waals surface area contributed by atoms with Crippen LogP contribution in [0, 0.1) is 17.0 Å². The van der Waals surface area contributed by atoms with Gasteiger partial charge in [-0.2, -0.15) is 0 Å². The SMILES string of the molecule is Cc1cccc(CCNC(C)c2cccc([N+](=O)[O-])c2)c1. The summed E-state index contributed by atoms with van der Waals surface area (Å²) in [7, 11) is 0. The molecule has 1 N–H and O–H groups in total. The summed E-state index contributed by atoms with van der Waals surface area (Å²) in [6, 6.07) is 15.3. The highest BCUT2D eigenvalue weighted by Gasteiger charge is 2.10. The van der Waals surface area contributed by atoms with Gasteiger partial charge in [0.1, 0.15) is 0 Å². The number of nitrogens with one attached hydrogen (secondary N) is 1. The number of hydrogen-bond donors (Lipinski definition) is 1. The molecule has 0 amide bonds. The zero-order valence-corrected chi connectivity index (χ0v) is 12.4. The van der Waals surface area contributed by atoms with Gasteiger partial charge in [0.15, 0.2) is 0 Å². The Labute approximate surface area is 125 Å². The molecule has 21 heavy (non-hydrogen) atoms. The Bertz CT molecular complexity index is 626. The van der Waals surface area contributed by atoms with E-state index in [4.69, 9.17) is 0 Å². The lowest BCUT2D eigenvalue weighted by molar-refractivity contribution is -0.384. The minimum Gasteiger partial charge on any atom is -0.310 e. The van der Waals surface area contributed by atoms with E-state index >= 15 is 0 Å². The number of nitro groups is 1. The minimum absolute atomic E-state index is 0.0923. The van der Waals surface area contributed by atoms with Crippen LogP contribution < -0.4 is 5.32 Å². The first-order valence-electron chi connectivity index (χ1n) is 7.09. The van der Waals surface area contributed by atoms with Crippen LogP contribution in [0.5, 0.6) is 0 Å². The number of aryl methyl sites for hydroxylation is 1. The Balaban J connectivity index is 1.91. The first kappa shape index (κ1) is 15.2. The Morgan fingerprint density at radius 1 is 1.19 bits per heavy atom. The molecule has 4 nitrogen and oxygen atoms in total. The zero-order valence-electron chi connectivity index (χ0n) is 12.4. The van der Waals surface area contributed by atoms with Crippen molar-refractivity contribution in [2.45, 2.75) is 26.3 Å². The molecule has 2 rings (SSSR count). The highest BCUT2D eigenvalue weighted by Crippen LogP contribution is 2.18. The van der Waals surface area contributed by atoms with Crippen LogP contribution in [0.2, 0.25) is 0 Å². The lowest BCUT2D eigenvalue weighted by Gasteiger charge is -2.14. The number of nitrogens with zero attached hydrogens (tertiary/aromatic N) is 1. The summed E-state index contributed by atoms with van der Waals surface area (Å²) in [5.74, 6) is 0. The molecule has 110 valence electrons. The molecule has 0 aromatic heterocycles. The van der Waals surface area contributed by atoms with E-state index in [1.54, 1.807) is 12.1 Å². The van der Waals surface area contributed by atoms with Crippen LogP contribution in [0.4, 0.5) is 5.69 Å². The van der Waals surface area contributed by atoms with Crippen LogP contribution in [0.1, 0.15) is 29.7 Å². The van der Waals surface area contributed by atoms with Gasteiger partial charge in [-0.05, 0) is 37.9 Å². The Kier molecular flexibility index (Phi) is 5.06. The summed E-state index contributed by atoms with van der Waals surface area (Å²) in [4.78, 5) is 10.4. The zero-order chi connectivity index (χ0) is 15.2. The maximum Gasteiger partial charge on any atom is 0.269 e. The van der Waals surface area contributed by atoms with Crippen LogP contribution in [-0.4, -0.2) is 11.5 Å². The van der Waals surface area contributed by atoms with Crippen molar-refractivity contribution < 1.29 is 4.92 Å². The summed E-state index contributed by atoms with van der Waals surface area (Å²) in [5, 5.41) is 14.2. The fourth-order valence-corrected chi connectivity index (χ4v) is 2.33. The van der Waals surface area contributed by atoms with E-state index in [2.05, 4.69) is 36.5 Å². The molecule has 0 aliphatic heterocycles. The van der Waals surface area contributed by atoms with Gasteiger partial charge in [-0.1, -0.05) is 42.0 Å². The molecule has 0 aliphatic rings. The molecule has 0 fully saturated rings. The summed E-state index contributed by atoms with van der Waals surface area (Å²) in [5.41, 5.74) is 3.64. The van der Waals surface area contributed by atoms with Gasteiger partial charge >= 0.3 is 0 Å². The van der Waals surface area contributed by atoms with Crippen molar-refractivity contribution in [1.82, 2.24) is 5.32 Å². The number of hydrogen-bond acceptors (Lipinski definition) is 3. The monoisotopic (exact) mass is 284 g/mol. The van der Waals surface area contributed by atoms with Gasteiger partial charge in [-0.15, -0.1) is 0 Å². The molecule has 2 aromatic carbocycles. The normalized spacial score (nSPS) is 12.1. The smallest absolute Gasteiger partial charge is 0.269 e. The predicted octanol–water partition coefficient (Wildman–Crippen LogP) is 3.80. The van der Waals surface area contributed by atoms with Crippen LogP contribution in [0.3, 0.4) is 0 Å². The van der Waals surface area contributed by atoms with Crippen molar-refractivity contribution in [1.29, 1.82) is 0 Å². The minimum atomic E-state index is -0.358. The Hall–Kier alpha value is -2.20. The Morgan fingerprint density at radius 3 is 2.67 bits per heavy atom. The van der Waals surface area contributed by atoms with Crippen molar-refractivity contribution in [3.05, 3.63) is 75.3 Å². The van der Waals surface area contributed by atoms with E-state index in [1.807, 2.05) is 13.0 Å². The molecule has 0 radical (unpaired) electrons. The molecule has 1 unspecified atom stereocenters. The molecule has 4 heteroatoms. The topological polar surface area (TPSA) is 55.2 Å². The molecule has 0 heterocycles. The van der Waals surface area contributed by atoms with Crippen LogP contribution in [0.25, 0.3) is 0 Å². The largest absolute Gasteiger partial charge is 0.310 e. The summed E-state index contributed by atoms with van der Waals surface area (Å²) in [6.45, 7) is 4.95. The molecule has 2 aromatic rings. The van der Waals surface area contributed by atoms with Gasteiger partial charge in [-0.3, -0.25) is 10.1 Å². The fraction of sp³-hybridized carbons (Fsp3) is 0.294. The van der Waals surface area contributed by atoms with Crippen molar-refractivity contribution >= 4 is 5.69 Å². The van der Waals surface area contributed by atoms with E-state index in [0.29, 0.717) is 0 Å². The van der Waals surface area contributed by atoms with Gasteiger partial charge in [-0.25, -0.2) is 0 Å². The van der Waals surface area contributed by atoms with Gasteiger partial charge in [0.2, 0.25) is 0 Å². The van der Waals surface area contributed by atoms with Gasteiger partial charge in [0, 0.05) is 18.2 Å². The molecule has 0 spiro atoms. The predicted molar refractivity (Wildman–Crippen MR) is 84.4 cm³/mol. The maximum atomic E-state index is 10.8. The second kappa shape index (κ2) is 6.99. The van der Waals surface area contributed by atoms with E-state index in [0.717, 1.165) is 18.5 Å². The number of non-ortho nitro benzene ring substituents is 1. The summed E-state index contributed by atoms with van der Waals surface area (Å²) in [6.07, 6.45) is 0.945. The van der Waals surface area contributed by atoms with E-state index in [9.17, 15) is 10.1 Å². The van der Waals surface area contributed by atoms with E-state index < -0.39 is 0 Å². The highest BCUT2D eigenvalue weighted by atomic mass is 16.6. The fourth-order valence-electron chi connectivity index (χ4n) is 2.33. The van der Waals surface area contributed by atoms with Gasteiger partial charge < -0.3 is 5.32 Å². The molecule has 0 saturated heterocycles. The average Bonchev–Trinajstić information content (AvgIpc) is 2.47. The number of rotatable bonds is 6. The number of benzene rings is 2. The number of nitro benzene ring substituents is 1. The molecular formula is C17H20N2O2. The van der Waals surface area contributed by atoms with Crippen molar-refractivity contribution in [2.24, 2.45) is 0 Å². The third-order valence-corrected chi connectivity index (χ3v) is 3.53. The van der Waals surface area contributed by atoms with Crippen molar-refractivity contribution in [3.63, 3.8) is 0 Å². The molecule has 0 saturated carbocycles. The Morgan fingerprint density at radius 2 is 1.95 bits per heavy atom. The first-order valence-corrected chi connectivity index (χ1v) is 7.09. The third-order valence-electron chi connectivity index (χ3n) is 3.53. The molecular weight excluding hydrogens is 264 g/mol. The third kappa shape index (κ3) is 4.39. The lowest BCUT2D eigenvalue weighted by Crippen LogP contribution is -2.21. The quantitative estimate of drug-likeness (QED) is 0.648. The summed E-state index contributed by atoms with van der Waals surface area (Å²) >= 11 is 0. The van der Waals surface area contributed by atoms with Crippen LogP contribution in [0.15, 0.2) is 48.5 Å².